The van der Waals surface area contributed by atoms with Gasteiger partial charge in [-0.05, 0) is 18.8 Å². The second kappa shape index (κ2) is 6.19. The summed E-state index contributed by atoms with van der Waals surface area (Å²) >= 11 is 5.76. The van der Waals surface area contributed by atoms with Crippen molar-refractivity contribution in [3.05, 3.63) is 0 Å². The van der Waals surface area contributed by atoms with Crippen LogP contribution in [0.2, 0.25) is 0 Å². The van der Waals surface area contributed by atoms with Gasteiger partial charge < -0.3 is 4.74 Å². The molecule has 0 amide bonds. The fraction of sp³-hybridized carbons (Fsp3) is 1.00. The molecule has 1 rings (SSSR count). The highest BCUT2D eigenvalue weighted by molar-refractivity contribution is 7.90. The first-order chi connectivity index (χ1) is 7.47. The Morgan fingerprint density at radius 3 is 2.38 bits per heavy atom. The van der Waals surface area contributed by atoms with Crippen molar-refractivity contribution >= 4 is 21.6 Å². The van der Waals surface area contributed by atoms with E-state index in [0.29, 0.717) is 31.9 Å². The molecule has 1 aliphatic rings. The first-order valence-corrected chi connectivity index (χ1v) is 7.70. The van der Waals surface area contributed by atoms with Crippen LogP contribution < -0.4 is 4.72 Å². The molecule has 0 aromatic rings. The summed E-state index contributed by atoms with van der Waals surface area (Å²) < 4.78 is 31.9. The fourth-order valence-corrected chi connectivity index (χ4v) is 3.95. The molecule has 1 unspecified atom stereocenters. The minimum Gasteiger partial charge on any atom is -0.381 e. The molecule has 1 N–H and O–H groups in total. The normalized spacial score (nSPS) is 21.2. The van der Waals surface area contributed by atoms with Crippen molar-refractivity contribution in [2.75, 3.05) is 19.1 Å². The van der Waals surface area contributed by atoms with Crippen molar-refractivity contribution in [3.63, 3.8) is 0 Å². The molecule has 4 nitrogen and oxygen atoms in total. The highest BCUT2D eigenvalue weighted by atomic mass is 35.5. The molecule has 1 atom stereocenters. The molecule has 16 heavy (non-hydrogen) atoms. The topological polar surface area (TPSA) is 55.4 Å². The monoisotopic (exact) mass is 269 g/mol. The van der Waals surface area contributed by atoms with E-state index >= 15 is 0 Å². The van der Waals surface area contributed by atoms with Crippen LogP contribution in [0.25, 0.3) is 0 Å². The molecule has 0 radical (unpaired) electrons. The van der Waals surface area contributed by atoms with Crippen LogP contribution in [0.15, 0.2) is 0 Å². The maximum Gasteiger partial charge on any atom is 0.214 e. The van der Waals surface area contributed by atoms with Gasteiger partial charge in [-0.2, -0.15) is 0 Å². The zero-order valence-electron chi connectivity index (χ0n) is 9.78. The molecule has 0 aromatic heterocycles. The van der Waals surface area contributed by atoms with E-state index in [1.807, 2.05) is 13.8 Å². The lowest BCUT2D eigenvalue weighted by atomic mass is 10.1. The van der Waals surface area contributed by atoms with Crippen LogP contribution in [0, 0.1) is 5.92 Å². The predicted molar refractivity (Wildman–Crippen MR) is 65.2 cm³/mol. The van der Waals surface area contributed by atoms with Crippen LogP contribution >= 0.6 is 11.6 Å². The highest BCUT2D eigenvalue weighted by Gasteiger charge is 2.30. The molecule has 0 saturated carbocycles. The molecule has 0 bridgehead atoms. The van der Waals surface area contributed by atoms with Gasteiger partial charge in [0.1, 0.15) is 0 Å². The van der Waals surface area contributed by atoms with E-state index in [0.717, 1.165) is 0 Å². The van der Waals surface area contributed by atoms with Crippen molar-refractivity contribution in [1.82, 2.24) is 4.72 Å². The number of rotatable bonds is 5. The number of hydrogen-bond donors (Lipinski definition) is 1. The Morgan fingerprint density at radius 2 is 1.94 bits per heavy atom. The number of halogens is 1. The van der Waals surface area contributed by atoms with E-state index in [1.165, 1.54) is 0 Å². The number of alkyl halides is 1. The zero-order valence-corrected chi connectivity index (χ0v) is 11.4. The van der Waals surface area contributed by atoms with E-state index in [1.54, 1.807) is 0 Å². The van der Waals surface area contributed by atoms with Gasteiger partial charge in [0.15, 0.2) is 0 Å². The Morgan fingerprint density at radius 1 is 1.38 bits per heavy atom. The minimum absolute atomic E-state index is 0.186. The van der Waals surface area contributed by atoms with Crippen LogP contribution in [0.5, 0.6) is 0 Å². The van der Waals surface area contributed by atoms with Gasteiger partial charge in [-0.1, -0.05) is 13.8 Å². The summed E-state index contributed by atoms with van der Waals surface area (Å²) in [5.41, 5.74) is 0. The summed E-state index contributed by atoms with van der Waals surface area (Å²) in [5.74, 6) is 0.507. The molecule has 0 aromatic carbocycles. The van der Waals surface area contributed by atoms with E-state index in [4.69, 9.17) is 16.3 Å². The van der Waals surface area contributed by atoms with Crippen molar-refractivity contribution in [1.29, 1.82) is 0 Å². The SMILES string of the molecule is CC(C)C(CCl)NS(=O)(=O)C1CCOCC1. The van der Waals surface area contributed by atoms with Crippen molar-refractivity contribution in [2.45, 2.75) is 38.0 Å². The zero-order chi connectivity index (χ0) is 12.2. The van der Waals surface area contributed by atoms with E-state index in [2.05, 4.69) is 4.72 Å². The lowest BCUT2D eigenvalue weighted by molar-refractivity contribution is 0.0980. The lowest BCUT2D eigenvalue weighted by Crippen LogP contribution is -2.46. The van der Waals surface area contributed by atoms with Gasteiger partial charge in [-0.15, -0.1) is 11.6 Å². The molecule has 1 aliphatic heterocycles. The third-order valence-electron chi connectivity index (χ3n) is 2.89. The first-order valence-electron chi connectivity index (χ1n) is 5.62. The summed E-state index contributed by atoms with van der Waals surface area (Å²) in [7, 11) is -3.25. The van der Waals surface area contributed by atoms with Crippen LogP contribution in [-0.2, 0) is 14.8 Å². The Kier molecular flexibility index (Phi) is 5.50. The maximum atomic E-state index is 12.0. The molecular formula is C10H20ClNO3S. The number of hydrogen-bond acceptors (Lipinski definition) is 3. The Labute approximate surface area is 103 Å². The lowest BCUT2D eigenvalue weighted by Gasteiger charge is -2.26. The molecule has 6 heteroatoms. The molecule has 1 heterocycles. The van der Waals surface area contributed by atoms with Gasteiger partial charge in [-0.25, -0.2) is 13.1 Å². The summed E-state index contributed by atoms with van der Waals surface area (Å²) in [6.45, 7) is 4.97. The number of nitrogens with one attached hydrogen (secondary N) is 1. The second-order valence-corrected chi connectivity index (χ2v) is 6.78. The Bertz CT molecular complexity index is 299. The first kappa shape index (κ1) is 14.2. The Hall–Kier alpha value is 0.160. The predicted octanol–water partition coefficient (Wildman–Crippen LogP) is 1.35. The molecule has 1 fully saturated rings. The summed E-state index contributed by atoms with van der Waals surface area (Å²) in [4.78, 5) is 0. The fourth-order valence-electron chi connectivity index (χ4n) is 1.64. The number of sulfonamides is 1. The van der Waals surface area contributed by atoms with Gasteiger partial charge in [0.25, 0.3) is 0 Å². The van der Waals surface area contributed by atoms with E-state index < -0.39 is 10.0 Å². The van der Waals surface area contributed by atoms with Crippen LogP contribution in [0.1, 0.15) is 26.7 Å². The largest absolute Gasteiger partial charge is 0.381 e. The van der Waals surface area contributed by atoms with Gasteiger partial charge in [-0.3, -0.25) is 0 Å². The molecular weight excluding hydrogens is 250 g/mol. The van der Waals surface area contributed by atoms with Crippen molar-refractivity contribution in [3.8, 4) is 0 Å². The molecule has 0 spiro atoms. The highest BCUT2D eigenvalue weighted by Crippen LogP contribution is 2.16. The van der Waals surface area contributed by atoms with Gasteiger partial charge >= 0.3 is 0 Å². The average Bonchev–Trinajstić information content (AvgIpc) is 2.27. The standard InChI is InChI=1S/C10H20ClNO3S/c1-8(2)10(7-11)12-16(13,14)9-3-5-15-6-4-9/h8-10,12H,3-7H2,1-2H3. The summed E-state index contributed by atoms with van der Waals surface area (Å²) in [6.07, 6.45) is 1.14. The minimum atomic E-state index is -3.25. The third-order valence-corrected chi connectivity index (χ3v) is 5.21. The van der Waals surface area contributed by atoms with Crippen LogP contribution in [0.4, 0.5) is 0 Å². The van der Waals surface area contributed by atoms with Crippen LogP contribution in [-0.4, -0.2) is 38.8 Å². The quantitative estimate of drug-likeness (QED) is 0.767. The second-order valence-electron chi connectivity index (χ2n) is 4.48. The molecule has 1 saturated heterocycles. The van der Waals surface area contributed by atoms with Gasteiger partial charge in [0, 0.05) is 25.1 Å². The summed E-state index contributed by atoms with van der Waals surface area (Å²) in [6, 6.07) is -0.186. The maximum absolute atomic E-state index is 12.0. The Balaban J connectivity index is 2.62. The summed E-state index contributed by atoms with van der Waals surface area (Å²) in [5, 5.41) is -0.328. The van der Waals surface area contributed by atoms with E-state index in [9.17, 15) is 8.42 Å². The van der Waals surface area contributed by atoms with Crippen molar-refractivity contribution < 1.29 is 13.2 Å². The van der Waals surface area contributed by atoms with E-state index in [-0.39, 0.29) is 17.2 Å². The van der Waals surface area contributed by atoms with Gasteiger partial charge in [0.05, 0.1) is 5.25 Å². The molecule has 96 valence electrons. The molecule has 0 aliphatic carbocycles. The van der Waals surface area contributed by atoms with Crippen molar-refractivity contribution in [2.24, 2.45) is 5.92 Å². The van der Waals surface area contributed by atoms with Crippen LogP contribution in [0.3, 0.4) is 0 Å². The smallest absolute Gasteiger partial charge is 0.214 e. The van der Waals surface area contributed by atoms with Gasteiger partial charge in [0.2, 0.25) is 10.0 Å². The average molecular weight is 270 g/mol. The number of ether oxygens (including phenoxy) is 1. The third kappa shape index (κ3) is 3.87.